The average molecular weight is 349 g/mol. The van der Waals surface area contributed by atoms with Gasteiger partial charge in [0, 0.05) is 24.7 Å². The summed E-state index contributed by atoms with van der Waals surface area (Å²) in [5.74, 6) is -0.0616. The molecule has 3 rings (SSSR count). The smallest absolute Gasteiger partial charge is 0.273 e. The molecule has 0 saturated heterocycles. The highest BCUT2D eigenvalue weighted by Crippen LogP contribution is 2.31. The molecule has 1 saturated carbocycles. The summed E-state index contributed by atoms with van der Waals surface area (Å²) >= 11 is 3.49. The molecule has 0 bridgehead atoms. The van der Waals surface area contributed by atoms with Gasteiger partial charge in [0.15, 0.2) is 0 Å². The first-order valence-electron chi connectivity index (χ1n) is 6.90. The molecule has 1 aliphatic rings. The number of aromatic nitrogens is 2. The number of carbonyl (C=O) groups is 1. The van der Waals surface area contributed by atoms with E-state index in [1.165, 1.54) is 0 Å². The first kappa shape index (κ1) is 14.3. The van der Waals surface area contributed by atoms with Crippen LogP contribution in [0.3, 0.4) is 0 Å². The number of hydrogen-bond donors (Lipinski definition) is 2. The Balaban J connectivity index is 1.83. The highest BCUT2D eigenvalue weighted by Gasteiger charge is 2.33. The third kappa shape index (κ3) is 2.61. The Morgan fingerprint density at radius 3 is 2.67 bits per heavy atom. The van der Waals surface area contributed by atoms with Gasteiger partial charge in [0.1, 0.15) is 11.4 Å². The molecule has 1 fully saturated rings. The van der Waals surface area contributed by atoms with Gasteiger partial charge in [-0.15, -0.1) is 0 Å². The summed E-state index contributed by atoms with van der Waals surface area (Å²) in [5, 5.41) is 7.11. The van der Waals surface area contributed by atoms with Crippen molar-refractivity contribution >= 4 is 21.8 Å². The van der Waals surface area contributed by atoms with Crippen LogP contribution in [0.4, 0.5) is 0 Å². The van der Waals surface area contributed by atoms with Crippen LogP contribution in [0, 0.1) is 0 Å². The van der Waals surface area contributed by atoms with Gasteiger partial charge in [-0.2, -0.15) is 5.10 Å². The van der Waals surface area contributed by atoms with Gasteiger partial charge in [-0.25, -0.2) is 0 Å². The van der Waals surface area contributed by atoms with Gasteiger partial charge < -0.3 is 10.6 Å². The van der Waals surface area contributed by atoms with Crippen molar-refractivity contribution < 1.29 is 4.79 Å². The Morgan fingerprint density at radius 1 is 1.38 bits per heavy atom. The van der Waals surface area contributed by atoms with Crippen molar-refractivity contribution in [1.82, 2.24) is 15.1 Å². The SMILES string of the molecule is CN(C(=O)c1[nH]nc(-c2ccccc2)c1Br)C1CC(N)C1. The highest BCUT2D eigenvalue weighted by molar-refractivity contribution is 9.10. The minimum absolute atomic E-state index is 0.0616. The first-order valence-corrected chi connectivity index (χ1v) is 7.69. The monoisotopic (exact) mass is 348 g/mol. The van der Waals surface area contributed by atoms with E-state index < -0.39 is 0 Å². The quantitative estimate of drug-likeness (QED) is 0.894. The standard InChI is InChI=1S/C15H17BrN4O/c1-20(11-7-10(17)8-11)15(21)14-12(16)13(18-19-14)9-5-3-2-4-6-9/h2-6,10-11H,7-8,17H2,1H3,(H,18,19). The summed E-state index contributed by atoms with van der Waals surface area (Å²) in [6.07, 6.45) is 1.72. The van der Waals surface area contributed by atoms with E-state index in [-0.39, 0.29) is 18.0 Å². The van der Waals surface area contributed by atoms with Gasteiger partial charge in [0.05, 0.1) is 4.47 Å². The number of benzene rings is 1. The highest BCUT2D eigenvalue weighted by atomic mass is 79.9. The van der Waals surface area contributed by atoms with Crippen LogP contribution in [-0.4, -0.2) is 40.1 Å². The molecular formula is C15H17BrN4O. The molecule has 1 heterocycles. The van der Waals surface area contributed by atoms with Crippen LogP contribution in [0.5, 0.6) is 0 Å². The number of halogens is 1. The number of carbonyl (C=O) groups excluding carboxylic acids is 1. The molecule has 3 N–H and O–H groups in total. The lowest BCUT2D eigenvalue weighted by Crippen LogP contribution is -2.51. The van der Waals surface area contributed by atoms with E-state index in [4.69, 9.17) is 5.73 Å². The maximum Gasteiger partial charge on any atom is 0.273 e. The van der Waals surface area contributed by atoms with Gasteiger partial charge in [-0.1, -0.05) is 30.3 Å². The number of aromatic amines is 1. The molecule has 5 nitrogen and oxygen atoms in total. The molecule has 21 heavy (non-hydrogen) atoms. The fourth-order valence-corrected chi connectivity index (χ4v) is 3.12. The molecule has 0 radical (unpaired) electrons. The Labute approximate surface area is 131 Å². The number of rotatable bonds is 3. The van der Waals surface area contributed by atoms with Crippen LogP contribution < -0.4 is 5.73 Å². The third-order valence-corrected chi connectivity index (χ3v) is 4.76. The number of nitrogens with zero attached hydrogens (tertiary/aromatic N) is 2. The zero-order chi connectivity index (χ0) is 15.0. The van der Waals surface area contributed by atoms with Crippen LogP contribution in [-0.2, 0) is 0 Å². The molecule has 1 aromatic carbocycles. The van der Waals surface area contributed by atoms with Crippen molar-refractivity contribution in [3.63, 3.8) is 0 Å². The third-order valence-electron chi connectivity index (χ3n) is 3.99. The van der Waals surface area contributed by atoms with E-state index >= 15 is 0 Å². The van der Waals surface area contributed by atoms with Crippen molar-refractivity contribution in [3.8, 4) is 11.3 Å². The van der Waals surface area contributed by atoms with E-state index in [1.54, 1.807) is 4.90 Å². The Kier molecular flexibility index (Phi) is 3.82. The summed E-state index contributed by atoms with van der Waals surface area (Å²) in [4.78, 5) is 14.3. The lowest BCUT2D eigenvalue weighted by molar-refractivity contribution is 0.0618. The molecule has 0 unspecified atom stereocenters. The number of amides is 1. The zero-order valence-corrected chi connectivity index (χ0v) is 13.3. The second-order valence-corrected chi connectivity index (χ2v) is 6.22. The van der Waals surface area contributed by atoms with Gasteiger partial charge in [-0.05, 0) is 28.8 Å². The predicted molar refractivity (Wildman–Crippen MR) is 84.8 cm³/mol. The van der Waals surface area contributed by atoms with Crippen molar-refractivity contribution in [2.75, 3.05) is 7.05 Å². The predicted octanol–water partition coefficient (Wildman–Crippen LogP) is 2.40. The van der Waals surface area contributed by atoms with E-state index in [9.17, 15) is 4.79 Å². The Bertz CT molecular complexity index is 649. The van der Waals surface area contributed by atoms with Crippen LogP contribution >= 0.6 is 15.9 Å². The number of nitrogens with one attached hydrogen (secondary N) is 1. The van der Waals surface area contributed by atoms with Crippen LogP contribution in [0.2, 0.25) is 0 Å². The molecule has 1 aromatic heterocycles. The fraction of sp³-hybridized carbons (Fsp3) is 0.333. The Hall–Kier alpha value is -1.66. The fourth-order valence-electron chi connectivity index (χ4n) is 2.55. The van der Waals surface area contributed by atoms with Crippen molar-refractivity contribution in [3.05, 3.63) is 40.5 Å². The van der Waals surface area contributed by atoms with Gasteiger partial charge >= 0.3 is 0 Å². The molecule has 1 aliphatic carbocycles. The van der Waals surface area contributed by atoms with Gasteiger partial charge in [0.25, 0.3) is 5.91 Å². The largest absolute Gasteiger partial charge is 0.337 e. The van der Waals surface area contributed by atoms with Crippen molar-refractivity contribution in [1.29, 1.82) is 0 Å². The molecule has 1 amide bonds. The minimum atomic E-state index is -0.0616. The maximum absolute atomic E-state index is 12.5. The summed E-state index contributed by atoms with van der Waals surface area (Å²) in [6, 6.07) is 10.2. The van der Waals surface area contributed by atoms with Crippen LogP contribution in [0.1, 0.15) is 23.3 Å². The number of hydrogen-bond acceptors (Lipinski definition) is 3. The van der Waals surface area contributed by atoms with E-state index in [1.807, 2.05) is 37.4 Å². The second kappa shape index (κ2) is 5.61. The lowest BCUT2D eigenvalue weighted by Gasteiger charge is -2.39. The first-order chi connectivity index (χ1) is 10.1. The molecule has 110 valence electrons. The van der Waals surface area contributed by atoms with Crippen LogP contribution in [0.25, 0.3) is 11.3 Å². The minimum Gasteiger partial charge on any atom is -0.337 e. The van der Waals surface area contributed by atoms with Gasteiger partial charge in [-0.3, -0.25) is 9.89 Å². The zero-order valence-electron chi connectivity index (χ0n) is 11.7. The van der Waals surface area contributed by atoms with Crippen molar-refractivity contribution in [2.45, 2.75) is 24.9 Å². The topological polar surface area (TPSA) is 75.0 Å². The maximum atomic E-state index is 12.5. The molecule has 0 aliphatic heterocycles. The molecule has 0 spiro atoms. The van der Waals surface area contributed by atoms with E-state index in [2.05, 4.69) is 26.1 Å². The molecule has 2 aromatic rings. The van der Waals surface area contributed by atoms with Gasteiger partial charge in [0.2, 0.25) is 0 Å². The van der Waals surface area contributed by atoms with Crippen LogP contribution in [0.15, 0.2) is 34.8 Å². The summed E-state index contributed by atoms with van der Waals surface area (Å²) in [6.45, 7) is 0. The molecule has 6 heteroatoms. The number of H-pyrrole nitrogens is 1. The molecular weight excluding hydrogens is 332 g/mol. The van der Waals surface area contributed by atoms with E-state index in [0.29, 0.717) is 10.2 Å². The lowest BCUT2D eigenvalue weighted by atomic mass is 9.86. The normalized spacial score (nSPS) is 20.9. The van der Waals surface area contributed by atoms with E-state index in [0.717, 1.165) is 24.1 Å². The Morgan fingerprint density at radius 2 is 2.05 bits per heavy atom. The van der Waals surface area contributed by atoms with Crippen molar-refractivity contribution in [2.24, 2.45) is 5.73 Å². The average Bonchev–Trinajstić information content (AvgIpc) is 2.85. The summed E-state index contributed by atoms with van der Waals surface area (Å²) in [5.41, 5.74) is 7.98. The molecule has 0 atom stereocenters. The summed E-state index contributed by atoms with van der Waals surface area (Å²) in [7, 11) is 1.81. The summed E-state index contributed by atoms with van der Waals surface area (Å²) < 4.78 is 0.703. The second-order valence-electron chi connectivity index (χ2n) is 5.43. The number of nitrogens with two attached hydrogens (primary N) is 1.